The highest BCUT2D eigenvalue weighted by atomic mass is 16.6. The Balaban J connectivity index is 4.32. The van der Waals surface area contributed by atoms with Gasteiger partial charge in [-0.2, -0.15) is 0 Å². The molecule has 0 aliphatic rings. The van der Waals surface area contributed by atoms with E-state index in [4.69, 9.17) is 14.2 Å². The molecule has 0 aromatic carbocycles. The van der Waals surface area contributed by atoms with Gasteiger partial charge in [-0.1, -0.05) is 248 Å². The average Bonchev–Trinajstić information content (AvgIpc) is 3.32. The van der Waals surface area contributed by atoms with E-state index >= 15 is 0 Å². The lowest BCUT2D eigenvalue weighted by Crippen LogP contribution is -2.30. The summed E-state index contributed by atoms with van der Waals surface area (Å²) in [7, 11) is 0. The zero-order valence-corrected chi connectivity index (χ0v) is 44.0. The molecule has 1 unspecified atom stereocenters. The molecule has 66 heavy (non-hydrogen) atoms. The molecule has 5 nitrogen and oxygen atoms in total. The summed E-state index contributed by atoms with van der Waals surface area (Å²) < 4.78 is 17.4. The van der Waals surface area contributed by atoms with Crippen LogP contribution in [0.5, 0.6) is 0 Å². The van der Waals surface area contributed by atoms with E-state index in [0.29, 0.717) is 19.4 Å². The zero-order valence-electron chi connectivity index (χ0n) is 44.0. The number of hydrogen-bond acceptors (Lipinski definition) is 5. The van der Waals surface area contributed by atoms with Crippen LogP contribution in [-0.4, -0.2) is 37.9 Å². The molecular formula is C61H108O5. The van der Waals surface area contributed by atoms with Crippen molar-refractivity contribution in [2.75, 3.05) is 19.8 Å². The van der Waals surface area contributed by atoms with Gasteiger partial charge < -0.3 is 14.2 Å². The summed E-state index contributed by atoms with van der Waals surface area (Å²) in [6.45, 7) is 7.68. The SMILES string of the molecule is CC/C=C\C/C=C\C/C=C\C/C=C\C/C=C\CCCCCCOCC(COC(=O)CCCCCCC/C=C\CCCCCCCC)OC(=O)CCCCCCCCCCCCCCCCC. The molecule has 0 rings (SSSR count). The maximum Gasteiger partial charge on any atom is 0.306 e. The minimum absolute atomic E-state index is 0.0712. The number of carbonyl (C=O) groups excluding carboxylic acids is 2. The van der Waals surface area contributed by atoms with Crippen LogP contribution in [-0.2, 0) is 23.8 Å². The Hall–Kier alpha value is -2.66. The standard InChI is InChI=1S/C61H108O5/c1-4-7-10-13-16-19-22-25-28-29-30-31-32-35-38-41-44-47-50-53-56-64-57-59(66-61(63)55-52-49-46-43-40-37-34-27-24-21-18-15-12-9-6-3)58-65-60(62)54-51-48-45-42-39-36-33-26-23-20-17-14-11-8-5-2/h7,10,16,19,25-26,28,30-31,33,35,38,59H,4-6,8-9,11-15,17-18,20-24,27,29,32,34,36-37,39-58H2,1-3H3/b10-7-,19-16-,28-25-,31-30-,33-26-,38-35-. The van der Waals surface area contributed by atoms with Crippen LogP contribution in [0.4, 0.5) is 0 Å². The fraction of sp³-hybridized carbons (Fsp3) is 0.770. The number of carbonyl (C=O) groups is 2. The van der Waals surface area contributed by atoms with E-state index in [1.54, 1.807) is 0 Å². The van der Waals surface area contributed by atoms with Crippen molar-refractivity contribution in [3.8, 4) is 0 Å². The van der Waals surface area contributed by atoms with E-state index in [0.717, 1.165) is 89.9 Å². The highest BCUT2D eigenvalue weighted by molar-refractivity contribution is 5.70. The van der Waals surface area contributed by atoms with Crippen LogP contribution in [0.3, 0.4) is 0 Å². The normalized spacial score (nSPS) is 12.7. The molecule has 0 saturated carbocycles. The van der Waals surface area contributed by atoms with Crippen LogP contribution in [0.15, 0.2) is 72.9 Å². The van der Waals surface area contributed by atoms with Crippen molar-refractivity contribution in [2.45, 2.75) is 284 Å². The minimum atomic E-state index is -0.553. The van der Waals surface area contributed by atoms with Gasteiger partial charge in [0.05, 0.1) is 6.61 Å². The minimum Gasteiger partial charge on any atom is -0.462 e. The van der Waals surface area contributed by atoms with Gasteiger partial charge in [0.25, 0.3) is 0 Å². The van der Waals surface area contributed by atoms with Crippen molar-refractivity contribution in [3.63, 3.8) is 0 Å². The molecule has 5 heteroatoms. The van der Waals surface area contributed by atoms with Gasteiger partial charge in [0.15, 0.2) is 6.10 Å². The second-order valence-electron chi connectivity index (χ2n) is 18.8. The average molecular weight is 922 g/mol. The second kappa shape index (κ2) is 56.7. The highest BCUT2D eigenvalue weighted by Crippen LogP contribution is 2.15. The molecular weight excluding hydrogens is 813 g/mol. The Morgan fingerprint density at radius 3 is 1.11 bits per heavy atom. The van der Waals surface area contributed by atoms with Gasteiger partial charge in [0, 0.05) is 19.4 Å². The Bertz CT molecular complexity index is 1180. The third kappa shape index (κ3) is 54.0. The molecule has 0 heterocycles. The Morgan fingerprint density at radius 2 is 0.682 bits per heavy atom. The van der Waals surface area contributed by atoms with Gasteiger partial charge in [-0.15, -0.1) is 0 Å². The molecule has 382 valence electrons. The smallest absolute Gasteiger partial charge is 0.306 e. The lowest BCUT2D eigenvalue weighted by atomic mass is 10.0. The molecule has 0 aromatic heterocycles. The van der Waals surface area contributed by atoms with Crippen LogP contribution in [0.25, 0.3) is 0 Å². The van der Waals surface area contributed by atoms with Gasteiger partial charge in [0.2, 0.25) is 0 Å². The van der Waals surface area contributed by atoms with Crippen molar-refractivity contribution in [1.29, 1.82) is 0 Å². The number of hydrogen-bond donors (Lipinski definition) is 0. The van der Waals surface area contributed by atoms with Crippen LogP contribution in [0.2, 0.25) is 0 Å². The van der Waals surface area contributed by atoms with Gasteiger partial charge in [-0.3, -0.25) is 9.59 Å². The summed E-state index contributed by atoms with van der Waals surface area (Å²) in [4.78, 5) is 25.5. The van der Waals surface area contributed by atoms with Crippen molar-refractivity contribution in [2.24, 2.45) is 0 Å². The summed E-state index contributed by atoms with van der Waals surface area (Å²) >= 11 is 0. The number of allylic oxidation sites excluding steroid dienone is 12. The molecule has 0 amide bonds. The van der Waals surface area contributed by atoms with Gasteiger partial charge in [-0.25, -0.2) is 0 Å². The van der Waals surface area contributed by atoms with Crippen LogP contribution in [0.1, 0.15) is 278 Å². The molecule has 0 aliphatic heterocycles. The van der Waals surface area contributed by atoms with Gasteiger partial charge >= 0.3 is 11.9 Å². The monoisotopic (exact) mass is 921 g/mol. The number of unbranched alkanes of at least 4 members (excludes halogenated alkanes) is 29. The zero-order chi connectivity index (χ0) is 47.7. The molecule has 0 fully saturated rings. The summed E-state index contributed by atoms with van der Waals surface area (Å²) in [6.07, 6.45) is 73.5. The Kier molecular flexibility index (Phi) is 54.4. The summed E-state index contributed by atoms with van der Waals surface area (Å²) in [5.74, 6) is -0.412. The van der Waals surface area contributed by atoms with E-state index in [9.17, 15) is 9.59 Å². The number of esters is 2. The Labute approximate surface area is 410 Å². The van der Waals surface area contributed by atoms with Crippen molar-refractivity contribution in [1.82, 2.24) is 0 Å². The first-order valence-electron chi connectivity index (χ1n) is 28.5. The second-order valence-corrected chi connectivity index (χ2v) is 18.8. The maximum absolute atomic E-state index is 12.8. The van der Waals surface area contributed by atoms with Crippen molar-refractivity contribution in [3.05, 3.63) is 72.9 Å². The summed E-state index contributed by atoms with van der Waals surface area (Å²) in [5.41, 5.74) is 0. The molecule has 0 N–H and O–H groups in total. The van der Waals surface area contributed by atoms with Crippen LogP contribution < -0.4 is 0 Å². The Morgan fingerprint density at radius 1 is 0.348 bits per heavy atom. The van der Waals surface area contributed by atoms with Crippen molar-refractivity contribution >= 4 is 11.9 Å². The van der Waals surface area contributed by atoms with E-state index in [1.807, 2.05) is 0 Å². The first-order chi connectivity index (χ1) is 32.6. The lowest BCUT2D eigenvalue weighted by molar-refractivity contribution is -0.163. The number of ether oxygens (including phenoxy) is 3. The summed E-state index contributed by atoms with van der Waals surface area (Å²) in [6, 6.07) is 0. The van der Waals surface area contributed by atoms with E-state index < -0.39 is 6.10 Å². The number of rotatable bonds is 52. The van der Waals surface area contributed by atoms with E-state index in [1.165, 1.54) is 154 Å². The maximum atomic E-state index is 12.8. The predicted molar refractivity (Wildman–Crippen MR) is 288 cm³/mol. The largest absolute Gasteiger partial charge is 0.462 e. The topological polar surface area (TPSA) is 61.8 Å². The third-order valence-electron chi connectivity index (χ3n) is 12.2. The molecule has 0 aromatic rings. The third-order valence-corrected chi connectivity index (χ3v) is 12.2. The molecule has 0 radical (unpaired) electrons. The van der Waals surface area contributed by atoms with Gasteiger partial charge in [0.1, 0.15) is 6.61 Å². The highest BCUT2D eigenvalue weighted by Gasteiger charge is 2.17. The molecule has 0 saturated heterocycles. The molecule has 1 atom stereocenters. The van der Waals surface area contributed by atoms with Crippen LogP contribution >= 0.6 is 0 Å². The van der Waals surface area contributed by atoms with E-state index in [-0.39, 0.29) is 25.2 Å². The molecule has 0 aliphatic carbocycles. The van der Waals surface area contributed by atoms with Crippen LogP contribution in [0, 0.1) is 0 Å². The fourth-order valence-electron chi connectivity index (χ4n) is 8.00. The van der Waals surface area contributed by atoms with Gasteiger partial charge in [-0.05, 0) is 89.9 Å². The molecule has 0 bridgehead atoms. The first kappa shape index (κ1) is 63.3. The predicted octanol–water partition coefficient (Wildman–Crippen LogP) is 19.5. The quantitative estimate of drug-likeness (QED) is 0.0346. The first-order valence-corrected chi connectivity index (χ1v) is 28.5. The van der Waals surface area contributed by atoms with E-state index in [2.05, 4.69) is 93.7 Å². The molecule has 0 spiro atoms. The fourth-order valence-corrected chi connectivity index (χ4v) is 8.00. The lowest BCUT2D eigenvalue weighted by Gasteiger charge is -2.18. The summed E-state index contributed by atoms with van der Waals surface area (Å²) in [5, 5.41) is 0. The van der Waals surface area contributed by atoms with Crippen molar-refractivity contribution < 1.29 is 23.8 Å².